The van der Waals surface area contributed by atoms with Crippen LogP contribution in [0, 0.1) is 5.82 Å². The van der Waals surface area contributed by atoms with Crippen molar-refractivity contribution in [2.45, 2.75) is 18.9 Å². The van der Waals surface area contributed by atoms with E-state index in [4.69, 9.17) is 9.73 Å². The quantitative estimate of drug-likeness (QED) is 0.737. The number of ether oxygens (including phenoxy) is 1. The number of carbonyl (C=O) groups is 1. The molecule has 0 bridgehead atoms. The largest absolute Gasteiger partial charge is 0.469 e. The Balaban J connectivity index is 2.14. The summed E-state index contributed by atoms with van der Waals surface area (Å²) in [6.07, 6.45) is 0.593. The second-order valence-corrected chi connectivity index (χ2v) is 6.93. The molecule has 2 aromatic carbocycles. The number of anilines is 1. The number of benzene rings is 2. The van der Waals surface area contributed by atoms with Crippen molar-refractivity contribution >= 4 is 39.1 Å². The minimum absolute atomic E-state index is 0.190. The first kappa shape index (κ1) is 19.2. The van der Waals surface area contributed by atoms with Crippen LogP contribution in [0.15, 0.2) is 56.9 Å². The van der Waals surface area contributed by atoms with E-state index in [0.29, 0.717) is 23.5 Å². The first-order valence-electron chi connectivity index (χ1n) is 8.46. The first-order valence-corrected chi connectivity index (χ1v) is 9.26. The van der Waals surface area contributed by atoms with Gasteiger partial charge in [0, 0.05) is 34.8 Å². The van der Waals surface area contributed by atoms with E-state index in [9.17, 15) is 9.18 Å². The van der Waals surface area contributed by atoms with Crippen LogP contribution in [0.5, 0.6) is 0 Å². The standard InChI is InChI=1S/C20H19BrFN3O2/c1-23-20-17(9-10-18(26)27-2)24-19(13-5-3-4-6-15(13)22)14-11-12(21)7-8-16(14)25-20/h3-8,11,17H,9-10H2,1-2H3,(H,23,25)/t17-/m0/s1. The Morgan fingerprint density at radius 1 is 1.30 bits per heavy atom. The third kappa shape index (κ3) is 4.24. The highest BCUT2D eigenvalue weighted by molar-refractivity contribution is 9.10. The van der Waals surface area contributed by atoms with E-state index in [-0.39, 0.29) is 18.2 Å². The van der Waals surface area contributed by atoms with Gasteiger partial charge in [-0.25, -0.2) is 4.39 Å². The van der Waals surface area contributed by atoms with Crippen LogP contribution in [0.1, 0.15) is 24.0 Å². The molecule has 7 heteroatoms. The van der Waals surface area contributed by atoms with Crippen molar-refractivity contribution in [3.63, 3.8) is 0 Å². The molecule has 1 heterocycles. The number of halogens is 2. The van der Waals surface area contributed by atoms with E-state index in [2.05, 4.69) is 26.2 Å². The highest BCUT2D eigenvalue weighted by Gasteiger charge is 2.26. The smallest absolute Gasteiger partial charge is 0.305 e. The number of esters is 1. The van der Waals surface area contributed by atoms with Gasteiger partial charge in [0.2, 0.25) is 0 Å². The number of aliphatic imine (C=N–C) groups is 2. The number of hydrogen-bond donors (Lipinski definition) is 1. The SMILES string of the molecule is CN=C1Nc2ccc(Br)cc2C(c2ccccc2F)=N[C@H]1CCC(=O)OC. The zero-order valence-corrected chi connectivity index (χ0v) is 16.6. The Labute approximate surface area is 165 Å². The number of fused-ring (bicyclic) bond motifs is 1. The molecule has 0 radical (unpaired) electrons. The highest BCUT2D eigenvalue weighted by Crippen LogP contribution is 2.29. The van der Waals surface area contributed by atoms with Gasteiger partial charge in [0.05, 0.1) is 12.8 Å². The summed E-state index contributed by atoms with van der Waals surface area (Å²) in [5, 5.41) is 3.29. The summed E-state index contributed by atoms with van der Waals surface area (Å²) in [6, 6.07) is 11.8. The van der Waals surface area contributed by atoms with Gasteiger partial charge in [0.25, 0.3) is 0 Å². The molecular weight excluding hydrogens is 413 g/mol. The number of amidine groups is 1. The predicted molar refractivity (Wildman–Crippen MR) is 108 cm³/mol. The molecule has 1 aliphatic heterocycles. The molecular formula is C20H19BrFN3O2. The van der Waals surface area contributed by atoms with Crippen molar-refractivity contribution in [1.82, 2.24) is 0 Å². The van der Waals surface area contributed by atoms with E-state index >= 15 is 0 Å². The Bertz CT molecular complexity index is 927. The summed E-state index contributed by atoms with van der Waals surface area (Å²) in [5.41, 5.74) is 2.46. The van der Waals surface area contributed by atoms with E-state index in [1.54, 1.807) is 25.2 Å². The lowest BCUT2D eigenvalue weighted by molar-refractivity contribution is -0.140. The summed E-state index contributed by atoms with van der Waals surface area (Å²) >= 11 is 3.47. The second kappa shape index (κ2) is 8.43. The number of nitrogens with one attached hydrogen (secondary N) is 1. The summed E-state index contributed by atoms with van der Waals surface area (Å²) in [5.74, 6) is -0.0582. The fourth-order valence-corrected chi connectivity index (χ4v) is 3.32. The maximum absolute atomic E-state index is 14.6. The third-order valence-corrected chi connectivity index (χ3v) is 4.81. The van der Waals surface area contributed by atoms with Gasteiger partial charge in [-0.3, -0.25) is 14.8 Å². The fourth-order valence-electron chi connectivity index (χ4n) is 2.96. The van der Waals surface area contributed by atoms with Crippen LogP contribution in [0.3, 0.4) is 0 Å². The lowest BCUT2D eigenvalue weighted by Gasteiger charge is -2.14. The topological polar surface area (TPSA) is 63.0 Å². The number of methoxy groups -OCH3 is 1. The van der Waals surface area contributed by atoms with Crippen LogP contribution < -0.4 is 5.32 Å². The van der Waals surface area contributed by atoms with Crippen LogP contribution in [-0.2, 0) is 9.53 Å². The summed E-state index contributed by atoms with van der Waals surface area (Å²) in [7, 11) is 3.01. The zero-order chi connectivity index (χ0) is 19.4. The molecule has 1 N–H and O–H groups in total. The Hall–Kier alpha value is -2.54. The van der Waals surface area contributed by atoms with Crippen LogP contribution in [0.4, 0.5) is 10.1 Å². The normalized spacial score (nSPS) is 17.6. The molecule has 0 saturated heterocycles. The van der Waals surface area contributed by atoms with Gasteiger partial charge in [0.15, 0.2) is 0 Å². The maximum atomic E-state index is 14.6. The lowest BCUT2D eigenvalue weighted by Crippen LogP contribution is -2.27. The van der Waals surface area contributed by atoms with E-state index in [1.807, 2.05) is 18.2 Å². The summed E-state index contributed by atoms with van der Waals surface area (Å²) in [6.45, 7) is 0. The molecule has 140 valence electrons. The molecule has 1 aliphatic rings. The maximum Gasteiger partial charge on any atom is 0.305 e. The molecule has 0 aromatic heterocycles. The molecule has 2 aromatic rings. The monoisotopic (exact) mass is 431 g/mol. The average Bonchev–Trinajstić information content (AvgIpc) is 2.83. The number of nitrogens with zero attached hydrogens (tertiary/aromatic N) is 2. The van der Waals surface area contributed by atoms with Gasteiger partial charge in [-0.05, 0) is 36.8 Å². The summed E-state index contributed by atoms with van der Waals surface area (Å²) < 4.78 is 20.2. The molecule has 0 amide bonds. The van der Waals surface area contributed by atoms with Crippen LogP contribution >= 0.6 is 15.9 Å². The van der Waals surface area contributed by atoms with Crippen molar-refractivity contribution in [2.75, 3.05) is 19.5 Å². The van der Waals surface area contributed by atoms with Crippen molar-refractivity contribution in [1.29, 1.82) is 0 Å². The molecule has 0 fully saturated rings. The number of rotatable bonds is 4. The minimum atomic E-state index is -0.421. The molecule has 0 aliphatic carbocycles. The fraction of sp³-hybridized carbons (Fsp3) is 0.250. The van der Waals surface area contributed by atoms with Gasteiger partial charge >= 0.3 is 5.97 Å². The van der Waals surface area contributed by atoms with Crippen LogP contribution in [-0.4, -0.2) is 37.7 Å². The van der Waals surface area contributed by atoms with E-state index < -0.39 is 6.04 Å². The average molecular weight is 432 g/mol. The molecule has 0 unspecified atom stereocenters. The Kier molecular flexibility index (Phi) is 6.01. The summed E-state index contributed by atoms with van der Waals surface area (Å²) in [4.78, 5) is 20.7. The Morgan fingerprint density at radius 2 is 2.07 bits per heavy atom. The molecule has 0 saturated carbocycles. The number of hydrogen-bond acceptors (Lipinski definition) is 4. The van der Waals surface area contributed by atoms with Gasteiger partial charge in [0.1, 0.15) is 17.7 Å². The van der Waals surface area contributed by atoms with Crippen molar-refractivity contribution in [3.8, 4) is 0 Å². The van der Waals surface area contributed by atoms with Crippen LogP contribution in [0.25, 0.3) is 0 Å². The number of carbonyl (C=O) groups excluding carboxylic acids is 1. The first-order chi connectivity index (χ1) is 13.0. The molecule has 0 spiro atoms. The second-order valence-electron chi connectivity index (χ2n) is 6.01. The predicted octanol–water partition coefficient (Wildman–Crippen LogP) is 4.20. The number of benzodiazepines with no additional fused rings is 1. The molecule has 27 heavy (non-hydrogen) atoms. The third-order valence-electron chi connectivity index (χ3n) is 4.32. The van der Waals surface area contributed by atoms with E-state index in [0.717, 1.165) is 15.7 Å². The van der Waals surface area contributed by atoms with Gasteiger partial charge in [-0.1, -0.05) is 28.1 Å². The van der Waals surface area contributed by atoms with Gasteiger partial charge in [-0.15, -0.1) is 0 Å². The van der Waals surface area contributed by atoms with Crippen molar-refractivity contribution in [2.24, 2.45) is 9.98 Å². The highest BCUT2D eigenvalue weighted by atomic mass is 79.9. The molecule has 3 rings (SSSR count). The molecule has 5 nitrogen and oxygen atoms in total. The van der Waals surface area contributed by atoms with Crippen molar-refractivity contribution in [3.05, 3.63) is 63.9 Å². The zero-order valence-electron chi connectivity index (χ0n) is 15.0. The Morgan fingerprint density at radius 3 is 2.78 bits per heavy atom. The van der Waals surface area contributed by atoms with Crippen LogP contribution in [0.2, 0.25) is 0 Å². The van der Waals surface area contributed by atoms with Crippen molar-refractivity contribution < 1.29 is 13.9 Å². The van der Waals surface area contributed by atoms with Gasteiger partial charge in [-0.2, -0.15) is 0 Å². The van der Waals surface area contributed by atoms with E-state index in [1.165, 1.54) is 13.2 Å². The molecule has 1 atom stereocenters. The van der Waals surface area contributed by atoms with Gasteiger partial charge < -0.3 is 10.1 Å². The lowest BCUT2D eigenvalue weighted by atomic mass is 10.00. The minimum Gasteiger partial charge on any atom is -0.469 e.